The van der Waals surface area contributed by atoms with E-state index in [0.717, 1.165) is 5.56 Å². The van der Waals surface area contributed by atoms with Gasteiger partial charge in [-0.3, -0.25) is 9.69 Å². The number of nitrogens with one attached hydrogen (secondary N) is 1. The average Bonchev–Trinajstić information content (AvgIpc) is 2.60. The number of carbonyl (C=O) groups is 2. The fourth-order valence-corrected chi connectivity index (χ4v) is 2.63. The molecule has 3 amide bonds. The van der Waals surface area contributed by atoms with Gasteiger partial charge in [0.2, 0.25) is 5.91 Å². The molecule has 0 aliphatic carbocycles. The van der Waals surface area contributed by atoms with Crippen molar-refractivity contribution in [1.29, 1.82) is 0 Å². The highest BCUT2D eigenvalue weighted by Gasteiger charge is 2.23. The van der Waals surface area contributed by atoms with Gasteiger partial charge < -0.3 is 19.9 Å². The lowest BCUT2D eigenvalue weighted by molar-refractivity contribution is -0.122. The Bertz CT molecular complexity index is 603. The molecule has 0 radical (unpaired) electrons. The maximum atomic E-state index is 12.1. The zero-order chi connectivity index (χ0) is 19.1. The molecule has 1 saturated heterocycles. The summed E-state index contributed by atoms with van der Waals surface area (Å²) in [6, 6.07) is 6.12. The summed E-state index contributed by atoms with van der Waals surface area (Å²) in [5.74, 6) is -0.0366. The molecule has 0 bridgehead atoms. The molecule has 0 unspecified atom stereocenters. The lowest BCUT2D eigenvalue weighted by Gasteiger charge is -2.35. The minimum absolute atomic E-state index is 0.0200. The monoisotopic (exact) mass is 370 g/mol. The lowest BCUT2D eigenvalue weighted by Crippen LogP contribution is -2.53. The molecule has 9 heteroatoms. The molecule has 1 aliphatic rings. The highest BCUT2D eigenvalue weighted by Crippen LogP contribution is 2.14. The van der Waals surface area contributed by atoms with Gasteiger partial charge in [0.15, 0.2) is 0 Å². The summed E-state index contributed by atoms with van der Waals surface area (Å²) in [5.41, 5.74) is 0.793. The van der Waals surface area contributed by atoms with Gasteiger partial charge in [0.1, 0.15) is 5.75 Å². The number of ether oxygens (including phenoxy) is 1. The van der Waals surface area contributed by atoms with E-state index in [4.69, 9.17) is 0 Å². The zero-order valence-corrected chi connectivity index (χ0v) is 15.0. The van der Waals surface area contributed by atoms with E-state index in [-0.39, 0.29) is 24.2 Å². The summed E-state index contributed by atoms with van der Waals surface area (Å²) in [4.78, 5) is 29.2. The number of hydrogen-bond donors (Lipinski definition) is 1. The smallest absolute Gasteiger partial charge is 0.387 e. The van der Waals surface area contributed by atoms with E-state index in [1.165, 1.54) is 12.1 Å². The molecule has 1 aromatic rings. The topological polar surface area (TPSA) is 65.1 Å². The van der Waals surface area contributed by atoms with Gasteiger partial charge in [-0.1, -0.05) is 12.1 Å². The Labute approximate surface area is 151 Å². The van der Waals surface area contributed by atoms with Crippen molar-refractivity contribution in [3.8, 4) is 5.75 Å². The van der Waals surface area contributed by atoms with Crippen LogP contribution >= 0.6 is 0 Å². The minimum atomic E-state index is -2.85. The Morgan fingerprint density at radius 2 is 1.77 bits per heavy atom. The normalized spacial score (nSPS) is 15.0. The number of urea groups is 1. The number of halogens is 2. The van der Waals surface area contributed by atoms with E-state index in [0.29, 0.717) is 32.7 Å². The SMILES string of the molecule is CN(C)C(=O)N1CCN(CC(=O)NCc2ccc(OC(F)F)cc2)CC1. The fraction of sp³-hybridized carbons (Fsp3) is 0.529. The molecule has 26 heavy (non-hydrogen) atoms. The Balaban J connectivity index is 1.70. The second-order valence-corrected chi connectivity index (χ2v) is 6.24. The molecule has 1 aliphatic heterocycles. The number of nitrogens with zero attached hydrogens (tertiary/aromatic N) is 3. The average molecular weight is 370 g/mol. The van der Waals surface area contributed by atoms with Crippen LogP contribution in [-0.2, 0) is 11.3 Å². The van der Waals surface area contributed by atoms with Crippen molar-refractivity contribution < 1.29 is 23.1 Å². The first-order valence-corrected chi connectivity index (χ1v) is 8.34. The lowest BCUT2D eigenvalue weighted by atomic mass is 10.2. The summed E-state index contributed by atoms with van der Waals surface area (Å²) < 4.78 is 28.5. The van der Waals surface area contributed by atoms with Gasteiger partial charge in [-0.15, -0.1) is 0 Å². The summed E-state index contributed by atoms with van der Waals surface area (Å²) in [7, 11) is 3.43. The van der Waals surface area contributed by atoms with Crippen LogP contribution in [-0.4, -0.2) is 80.1 Å². The molecule has 0 aromatic heterocycles. The van der Waals surface area contributed by atoms with Crippen molar-refractivity contribution >= 4 is 11.9 Å². The van der Waals surface area contributed by atoms with Crippen LogP contribution in [0.3, 0.4) is 0 Å². The first-order chi connectivity index (χ1) is 12.3. The Kier molecular flexibility index (Phi) is 7.14. The number of benzene rings is 1. The third-order valence-electron chi connectivity index (χ3n) is 4.03. The van der Waals surface area contributed by atoms with Crippen LogP contribution in [0.4, 0.5) is 13.6 Å². The molecular weight excluding hydrogens is 346 g/mol. The summed E-state index contributed by atoms with van der Waals surface area (Å²) >= 11 is 0. The maximum Gasteiger partial charge on any atom is 0.387 e. The van der Waals surface area contributed by atoms with Crippen LogP contribution in [0.1, 0.15) is 5.56 Å². The van der Waals surface area contributed by atoms with Crippen molar-refractivity contribution in [3.63, 3.8) is 0 Å². The third kappa shape index (κ3) is 6.14. The largest absolute Gasteiger partial charge is 0.435 e. The van der Waals surface area contributed by atoms with Gasteiger partial charge >= 0.3 is 12.6 Å². The number of alkyl halides is 2. The number of amides is 3. The fourth-order valence-electron chi connectivity index (χ4n) is 2.63. The molecule has 1 N–H and O–H groups in total. The predicted molar refractivity (Wildman–Crippen MR) is 92.0 cm³/mol. The third-order valence-corrected chi connectivity index (χ3v) is 4.03. The van der Waals surface area contributed by atoms with Crippen molar-refractivity contribution in [1.82, 2.24) is 20.0 Å². The van der Waals surface area contributed by atoms with E-state index in [1.54, 1.807) is 36.0 Å². The molecule has 0 spiro atoms. The van der Waals surface area contributed by atoms with Crippen LogP contribution in [0.2, 0.25) is 0 Å². The first kappa shape index (κ1) is 19.9. The second kappa shape index (κ2) is 9.33. The van der Waals surface area contributed by atoms with Gasteiger partial charge in [-0.25, -0.2) is 4.79 Å². The van der Waals surface area contributed by atoms with E-state index in [9.17, 15) is 18.4 Å². The van der Waals surface area contributed by atoms with Crippen molar-refractivity contribution in [2.75, 3.05) is 46.8 Å². The minimum Gasteiger partial charge on any atom is -0.435 e. The molecule has 0 saturated carbocycles. The van der Waals surface area contributed by atoms with Gasteiger partial charge in [0.05, 0.1) is 6.54 Å². The van der Waals surface area contributed by atoms with Gasteiger partial charge in [0.25, 0.3) is 0 Å². The summed E-state index contributed by atoms with van der Waals surface area (Å²) in [5, 5.41) is 2.80. The maximum absolute atomic E-state index is 12.1. The second-order valence-electron chi connectivity index (χ2n) is 6.24. The van der Waals surface area contributed by atoms with Crippen LogP contribution < -0.4 is 10.1 Å². The number of piperazine rings is 1. The van der Waals surface area contributed by atoms with Crippen molar-refractivity contribution in [2.45, 2.75) is 13.2 Å². The number of rotatable bonds is 6. The molecule has 144 valence electrons. The van der Waals surface area contributed by atoms with E-state index < -0.39 is 6.61 Å². The first-order valence-electron chi connectivity index (χ1n) is 8.34. The summed E-state index contributed by atoms with van der Waals surface area (Å²) in [6.07, 6.45) is 0. The Hall–Kier alpha value is -2.42. The molecule has 1 aromatic carbocycles. The quantitative estimate of drug-likeness (QED) is 0.817. The van der Waals surface area contributed by atoms with Crippen LogP contribution in [0.5, 0.6) is 5.75 Å². The highest BCUT2D eigenvalue weighted by atomic mass is 19.3. The Morgan fingerprint density at radius 1 is 1.15 bits per heavy atom. The standard InChI is InChI=1S/C17H24F2N4O3/c1-21(2)17(25)23-9-7-22(8-10-23)12-15(24)20-11-13-3-5-14(6-4-13)26-16(18)19/h3-6,16H,7-12H2,1-2H3,(H,20,24). The summed E-state index contributed by atoms with van der Waals surface area (Å²) in [6.45, 7) is 0.197. The van der Waals surface area contributed by atoms with Crippen molar-refractivity contribution in [2.24, 2.45) is 0 Å². The van der Waals surface area contributed by atoms with Gasteiger partial charge in [-0.05, 0) is 17.7 Å². The van der Waals surface area contributed by atoms with Gasteiger partial charge in [-0.2, -0.15) is 8.78 Å². The molecule has 0 atom stereocenters. The molecule has 1 fully saturated rings. The molecule has 7 nitrogen and oxygen atoms in total. The van der Waals surface area contributed by atoms with Gasteiger partial charge in [0, 0.05) is 46.8 Å². The van der Waals surface area contributed by atoms with E-state index in [1.807, 2.05) is 4.90 Å². The molecule has 2 rings (SSSR count). The van der Waals surface area contributed by atoms with E-state index >= 15 is 0 Å². The Morgan fingerprint density at radius 3 is 2.31 bits per heavy atom. The number of carbonyl (C=O) groups excluding carboxylic acids is 2. The molecular formula is C17H24F2N4O3. The van der Waals surface area contributed by atoms with E-state index in [2.05, 4.69) is 10.1 Å². The molecule has 1 heterocycles. The van der Waals surface area contributed by atoms with Crippen LogP contribution in [0, 0.1) is 0 Å². The highest BCUT2D eigenvalue weighted by molar-refractivity contribution is 5.78. The van der Waals surface area contributed by atoms with Crippen LogP contribution in [0.15, 0.2) is 24.3 Å². The predicted octanol–water partition coefficient (Wildman–Crippen LogP) is 1.20. The zero-order valence-electron chi connectivity index (χ0n) is 15.0. The van der Waals surface area contributed by atoms with Crippen LogP contribution in [0.25, 0.3) is 0 Å². The van der Waals surface area contributed by atoms with Crippen molar-refractivity contribution in [3.05, 3.63) is 29.8 Å². The number of hydrogen-bond acceptors (Lipinski definition) is 4.